The van der Waals surface area contributed by atoms with Crippen molar-refractivity contribution in [1.82, 2.24) is 20.9 Å². The molecule has 2 rings (SSSR count). The van der Waals surface area contributed by atoms with Crippen molar-refractivity contribution < 1.29 is 9.59 Å². The first-order valence-electron chi connectivity index (χ1n) is 9.06. The molecule has 0 unspecified atom stereocenters. The van der Waals surface area contributed by atoms with Crippen molar-refractivity contribution in [2.75, 3.05) is 32.7 Å². The van der Waals surface area contributed by atoms with Gasteiger partial charge in [0.05, 0.1) is 6.54 Å². The number of imide groups is 1. The Labute approximate surface area is 167 Å². The molecule has 1 saturated carbocycles. The molecule has 144 valence electrons. The van der Waals surface area contributed by atoms with Gasteiger partial charge in [-0.3, -0.25) is 14.7 Å². The topological polar surface area (TPSA) is 85.8 Å². The molecule has 1 aliphatic carbocycles. The van der Waals surface area contributed by atoms with E-state index in [0.717, 1.165) is 19.0 Å². The van der Waals surface area contributed by atoms with Crippen molar-refractivity contribution in [2.45, 2.75) is 46.5 Å². The summed E-state index contributed by atoms with van der Waals surface area (Å²) >= 11 is 0. The number of hydrogen-bond acceptors (Lipinski definition) is 3. The van der Waals surface area contributed by atoms with Crippen LogP contribution in [0.15, 0.2) is 4.99 Å². The molecule has 0 bridgehead atoms. The van der Waals surface area contributed by atoms with Crippen LogP contribution in [0.3, 0.4) is 0 Å². The average molecular weight is 465 g/mol. The molecule has 3 amide bonds. The molecular weight excluding hydrogens is 433 g/mol. The summed E-state index contributed by atoms with van der Waals surface area (Å²) in [6.45, 7) is 9.15. The average Bonchev–Trinajstić information content (AvgIpc) is 2.81. The summed E-state index contributed by atoms with van der Waals surface area (Å²) in [7, 11) is 0. The number of guanidine groups is 1. The van der Waals surface area contributed by atoms with Crippen molar-refractivity contribution >= 4 is 41.9 Å². The zero-order chi connectivity index (χ0) is 17.6. The molecule has 1 saturated heterocycles. The van der Waals surface area contributed by atoms with Crippen LogP contribution in [0.1, 0.15) is 46.5 Å². The highest BCUT2D eigenvalue weighted by Crippen LogP contribution is 2.46. The van der Waals surface area contributed by atoms with E-state index < -0.39 is 0 Å². The lowest BCUT2D eigenvalue weighted by atomic mass is 9.64. The van der Waals surface area contributed by atoms with E-state index in [1.807, 2.05) is 6.92 Å². The van der Waals surface area contributed by atoms with Gasteiger partial charge in [0.1, 0.15) is 0 Å². The van der Waals surface area contributed by atoms with Gasteiger partial charge in [0.25, 0.3) is 0 Å². The Morgan fingerprint density at radius 2 is 2.04 bits per heavy atom. The first-order chi connectivity index (χ1) is 11.5. The highest BCUT2D eigenvalue weighted by Gasteiger charge is 2.37. The van der Waals surface area contributed by atoms with Crippen LogP contribution in [0.25, 0.3) is 0 Å². The molecule has 25 heavy (non-hydrogen) atoms. The third kappa shape index (κ3) is 6.31. The van der Waals surface area contributed by atoms with E-state index in [1.165, 1.54) is 30.6 Å². The largest absolute Gasteiger partial charge is 0.357 e. The molecule has 0 atom stereocenters. The van der Waals surface area contributed by atoms with E-state index in [1.54, 1.807) is 0 Å². The van der Waals surface area contributed by atoms with Crippen LogP contribution in [0.5, 0.6) is 0 Å². The van der Waals surface area contributed by atoms with Gasteiger partial charge in [-0.05, 0) is 37.5 Å². The minimum absolute atomic E-state index is 0. The molecule has 1 heterocycles. The number of aliphatic imine (C=N–C) groups is 1. The van der Waals surface area contributed by atoms with Gasteiger partial charge in [0.15, 0.2) is 5.96 Å². The number of rotatable bonds is 8. The van der Waals surface area contributed by atoms with Gasteiger partial charge >= 0.3 is 6.03 Å². The first kappa shape index (κ1) is 22.0. The summed E-state index contributed by atoms with van der Waals surface area (Å²) in [5.41, 5.74) is 0.362. The molecule has 2 fully saturated rings. The van der Waals surface area contributed by atoms with Crippen LogP contribution in [0.2, 0.25) is 0 Å². The van der Waals surface area contributed by atoms with Crippen LogP contribution >= 0.6 is 24.0 Å². The SMILES string of the molecule is CCNC(=NCC1(CC(C)C)CCC1)NCCN1C(=O)CNC1=O.I. The molecular formula is C17H32IN5O2. The van der Waals surface area contributed by atoms with Crippen molar-refractivity contribution in [1.29, 1.82) is 0 Å². The van der Waals surface area contributed by atoms with Crippen molar-refractivity contribution in [3.05, 3.63) is 0 Å². The maximum absolute atomic E-state index is 11.6. The highest BCUT2D eigenvalue weighted by molar-refractivity contribution is 14.0. The summed E-state index contributed by atoms with van der Waals surface area (Å²) in [6, 6.07) is -0.311. The van der Waals surface area contributed by atoms with Gasteiger partial charge in [-0.2, -0.15) is 0 Å². The predicted octanol–water partition coefficient (Wildman–Crippen LogP) is 1.93. The fraction of sp³-hybridized carbons (Fsp3) is 0.824. The second-order valence-corrected chi connectivity index (χ2v) is 7.28. The van der Waals surface area contributed by atoms with Gasteiger partial charge < -0.3 is 16.0 Å². The van der Waals surface area contributed by atoms with Gasteiger partial charge in [-0.1, -0.05) is 20.3 Å². The molecule has 0 spiro atoms. The van der Waals surface area contributed by atoms with Gasteiger partial charge in [-0.15, -0.1) is 24.0 Å². The van der Waals surface area contributed by atoms with Gasteiger partial charge in [0, 0.05) is 26.2 Å². The fourth-order valence-corrected chi connectivity index (χ4v) is 3.53. The Hall–Kier alpha value is -1.06. The summed E-state index contributed by atoms with van der Waals surface area (Å²) < 4.78 is 0. The number of nitrogens with zero attached hydrogens (tertiary/aromatic N) is 2. The quantitative estimate of drug-likeness (QED) is 0.221. The zero-order valence-electron chi connectivity index (χ0n) is 15.6. The molecule has 0 aromatic heterocycles. The Balaban J connectivity index is 0.00000312. The molecule has 0 aromatic rings. The van der Waals surface area contributed by atoms with Crippen LogP contribution in [0.4, 0.5) is 4.79 Å². The summed E-state index contributed by atoms with van der Waals surface area (Å²) in [6.07, 6.45) is 5.05. The second kappa shape index (κ2) is 10.2. The summed E-state index contributed by atoms with van der Waals surface area (Å²) in [5.74, 6) is 1.28. The highest BCUT2D eigenvalue weighted by atomic mass is 127. The van der Waals surface area contributed by atoms with E-state index in [2.05, 4.69) is 29.8 Å². The number of carbonyl (C=O) groups is 2. The number of urea groups is 1. The number of hydrogen-bond donors (Lipinski definition) is 3. The number of nitrogens with one attached hydrogen (secondary N) is 3. The number of amides is 3. The smallest absolute Gasteiger partial charge is 0.324 e. The Morgan fingerprint density at radius 1 is 1.32 bits per heavy atom. The van der Waals surface area contributed by atoms with E-state index in [-0.39, 0.29) is 42.5 Å². The third-order valence-electron chi connectivity index (χ3n) is 4.74. The third-order valence-corrected chi connectivity index (χ3v) is 4.74. The fourth-order valence-electron chi connectivity index (χ4n) is 3.53. The van der Waals surface area contributed by atoms with Crippen molar-refractivity contribution in [2.24, 2.45) is 16.3 Å². The van der Waals surface area contributed by atoms with E-state index in [9.17, 15) is 9.59 Å². The maximum atomic E-state index is 11.6. The Morgan fingerprint density at radius 3 is 2.52 bits per heavy atom. The van der Waals surface area contributed by atoms with Crippen molar-refractivity contribution in [3.63, 3.8) is 0 Å². The lowest BCUT2D eigenvalue weighted by molar-refractivity contribution is -0.124. The van der Waals surface area contributed by atoms with E-state index >= 15 is 0 Å². The van der Waals surface area contributed by atoms with E-state index in [0.29, 0.717) is 24.4 Å². The molecule has 3 N–H and O–H groups in total. The molecule has 7 nitrogen and oxygen atoms in total. The van der Waals surface area contributed by atoms with Gasteiger partial charge in [-0.25, -0.2) is 4.79 Å². The van der Waals surface area contributed by atoms with Crippen LogP contribution in [0, 0.1) is 11.3 Å². The van der Waals surface area contributed by atoms with Crippen LogP contribution < -0.4 is 16.0 Å². The molecule has 0 radical (unpaired) electrons. The first-order valence-corrected chi connectivity index (χ1v) is 9.06. The summed E-state index contributed by atoms with van der Waals surface area (Å²) in [5, 5.41) is 8.99. The standard InChI is InChI=1S/C17H31N5O2.HI/c1-4-18-15(19-8-9-22-14(23)11-20-16(22)24)21-12-17(6-5-7-17)10-13(2)3;/h13H,4-12H2,1-3H3,(H,20,24)(H2,18,19,21);1H. The molecule has 1 aliphatic heterocycles. The van der Waals surface area contributed by atoms with Crippen LogP contribution in [-0.4, -0.2) is 55.5 Å². The normalized spacial score (nSPS) is 19.4. The molecule has 8 heteroatoms. The monoisotopic (exact) mass is 465 g/mol. The minimum atomic E-state index is -0.311. The number of carbonyl (C=O) groups excluding carboxylic acids is 2. The molecule has 0 aromatic carbocycles. The maximum Gasteiger partial charge on any atom is 0.324 e. The molecule has 2 aliphatic rings. The second-order valence-electron chi connectivity index (χ2n) is 7.28. The predicted molar refractivity (Wildman–Crippen MR) is 110 cm³/mol. The number of halogens is 1. The zero-order valence-corrected chi connectivity index (χ0v) is 17.9. The lowest BCUT2D eigenvalue weighted by Crippen LogP contribution is -2.44. The lowest BCUT2D eigenvalue weighted by Gasteiger charge is -2.42. The Kier molecular flexibility index (Phi) is 8.95. The van der Waals surface area contributed by atoms with Crippen molar-refractivity contribution in [3.8, 4) is 0 Å². The van der Waals surface area contributed by atoms with Gasteiger partial charge in [0.2, 0.25) is 5.91 Å². The summed E-state index contributed by atoms with van der Waals surface area (Å²) in [4.78, 5) is 29.1. The Bertz CT molecular complexity index is 475. The van der Waals surface area contributed by atoms with E-state index in [4.69, 9.17) is 4.99 Å². The van der Waals surface area contributed by atoms with Crippen LogP contribution in [-0.2, 0) is 4.79 Å². The minimum Gasteiger partial charge on any atom is -0.357 e.